The van der Waals surface area contributed by atoms with Crippen molar-refractivity contribution in [1.82, 2.24) is 15.1 Å². The zero-order valence-electron chi connectivity index (χ0n) is 13.2. The fourth-order valence-corrected chi connectivity index (χ4v) is 3.75. The Morgan fingerprint density at radius 2 is 1.84 bits per heavy atom. The molecule has 2 heterocycles. The molecule has 0 aromatic carbocycles. The van der Waals surface area contributed by atoms with Crippen LogP contribution < -0.4 is 5.32 Å². The third-order valence-electron chi connectivity index (χ3n) is 4.98. The average molecular weight is 267 g/mol. The third kappa shape index (κ3) is 4.44. The van der Waals surface area contributed by atoms with Crippen LogP contribution in [-0.2, 0) is 0 Å². The van der Waals surface area contributed by atoms with Crippen LogP contribution in [0.5, 0.6) is 0 Å². The Morgan fingerprint density at radius 3 is 2.47 bits per heavy atom. The Labute approximate surface area is 119 Å². The van der Waals surface area contributed by atoms with Crippen LogP contribution >= 0.6 is 0 Å². The van der Waals surface area contributed by atoms with Crippen molar-refractivity contribution in [2.24, 2.45) is 11.8 Å². The summed E-state index contributed by atoms with van der Waals surface area (Å²) in [6, 6.07) is 0.756. The quantitative estimate of drug-likeness (QED) is 0.794. The van der Waals surface area contributed by atoms with Gasteiger partial charge in [-0.25, -0.2) is 0 Å². The molecule has 0 bridgehead atoms. The van der Waals surface area contributed by atoms with Crippen molar-refractivity contribution < 1.29 is 0 Å². The molecule has 3 atom stereocenters. The van der Waals surface area contributed by atoms with Gasteiger partial charge in [-0.2, -0.15) is 0 Å². The van der Waals surface area contributed by atoms with Gasteiger partial charge in [0.25, 0.3) is 0 Å². The molecule has 0 amide bonds. The van der Waals surface area contributed by atoms with E-state index in [4.69, 9.17) is 0 Å². The van der Waals surface area contributed by atoms with Gasteiger partial charge in [-0.3, -0.25) is 0 Å². The van der Waals surface area contributed by atoms with Gasteiger partial charge in [0.1, 0.15) is 0 Å². The van der Waals surface area contributed by atoms with Crippen molar-refractivity contribution in [3.8, 4) is 0 Å². The van der Waals surface area contributed by atoms with Crippen LogP contribution in [-0.4, -0.2) is 61.7 Å². The lowest BCUT2D eigenvalue weighted by Crippen LogP contribution is -2.49. The average Bonchev–Trinajstić information content (AvgIpc) is 2.85. The SMILES string of the molecule is CCCNC1CCN(CC2CCN(CC)C2)CC1C. The summed E-state index contributed by atoms with van der Waals surface area (Å²) in [5.74, 6) is 1.73. The molecule has 112 valence electrons. The first-order valence-electron chi connectivity index (χ1n) is 8.41. The highest BCUT2D eigenvalue weighted by Gasteiger charge is 2.29. The molecule has 2 fully saturated rings. The lowest BCUT2D eigenvalue weighted by molar-refractivity contribution is 0.129. The molecule has 0 radical (unpaired) electrons. The molecular formula is C16H33N3. The van der Waals surface area contributed by atoms with E-state index >= 15 is 0 Å². The molecule has 1 N–H and O–H groups in total. The summed E-state index contributed by atoms with van der Waals surface area (Å²) in [5.41, 5.74) is 0. The fourth-order valence-electron chi connectivity index (χ4n) is 3.75. The molecule has 0 saturated carbocycles. The summed E-state index contributed by atoms with van der Waals surface area (Å²) in [5, 5.41) is 3.72. The summed E-state index contributed by atoms with van der Waals surface area (Å²) in [6.45, 7) is 16.0. The Kier molecular flexibility index (Phi) is 6.11. The van der Waals surface area contributed by atoms with Gasteiger partial charge in [0.2, 0.25) is 0 Å². The number of likely N-dealkylation sites (tertiary alicyclic amines) is 2. The zero-order chi connectivity index (χ0) is 13.7. The van der Waals surface area contributed by atoms with Crippen LogP contribution in [0.1, 0.15) is 40.0 Å². The molecule has 2 aliphatic heterocycles. The fraction of sp³-hybridized carbons (Fsp3) is 1.00. The van der Waals surface area contributed by atoms with E-state index in [1.165, 1.54) is 65.1 Å². The van der Waals surface area contributed by atoms with Crippen LogP contribution in [0.2, 0.25) is 0 Å². The van der Waals surface area contributed by atoms with Crippen molar-refractivity contribution >= 4 is 0 Å². The van der Waals surface area contributed by atoms with E-state index in [-0.39, 0.29) is 0 Å². The molecule has 3 nitrogen and oxygen atoms in total. The molecule has 2 aliphatic rings. The van der Waals surface area contributed by atoms with Gasteiger partial charge < -0.3 is 15.1 Å². The maximum absolute atomic E-state index is 3.72. The van der Waals surface area contributed by atoms with Gasteiger partial charge in [-0.05, 0) is 57.3 Å². The number of rotatable bonds is 6. The number of nitrogens with one attached hydrogen (secondary N) is 1. The molecule has 3 heteroatoms. The predicted molar refractivity (Wildman–Crippen MR) is 82.5 cm³/mol. The van der Waals surface area contributed by atoms with E-state index < -0.39 is 0 Å². The van der Waals surface area contributed by atoms with Crippen LogP contribution in [0.15, 0.2) is 0 Å². The zero-order valence-corrected chi connectivity index (χ0v) is 13.2. The highest BCUT2D eigenvalue weighted by molar-refractivity contribution is 4.85. The van der Waals surface area contributed by atoms with Crippen molar-refractivity contribution in [3.05, 3.63) is 0 Å². The van der Waals surface area contributed by atoms with Crippen molar-refractivity contribution in [2.75, 3.05) is 45.8 Å². The lowest BCUT2D eigenvalue weighted by atomic mass is 9.93. The van der Waals surface area contributed by atoms with Gasteiger partial charge in [-0.1, -0.05) is 20.8 Å². The molecule has 0 aromatic heterocycles. The van der Waals surface area contributed by atoms with Crippen molar-refractivity contribution in [3.63, 3.8) is 0 Å². The molecule has 19 heavy (non-hydrogen) atoms. The number of nitrogens with zero attached hydrogens (tertiary/aromatic N) is 2. The third-order valence-corrected chi connectivity index (χ3v) is 4.98. The van der Waals surface area contributed by atoms with Crippen molar-refractivity contribution in [1.29, 1.82) is 0 Å². The second-order valence-electron chi connectivity index (χ2n) is 6.63. The summed E-state index contributed by atoms with van der Waals surface area (Å²) in [4.78, 5) is 5.32. The summed E-state index contributed by atoms with van der Waals surface area (Å²) in [7, 11) is 0. The highest BCUT2D eigenvalue weighted by atomic mass is 15.2. The van der Waals surface area contributed by atoms with Gasteiger partial charge in [0.05, 0.1) is 0 Å². The first-order chi connectivity index (χ1) is 9.22. The molecule has 0 spiro atoms. The highest BCUT2D eigenvalue weighted by Crippen LogP contribution is 2.22. The second-order valence-corrected chi connectivity index (χ2v) is 6.63. The van der Waals surface area contributed by atoms with Crippen molar-refractivity contribution in [2.45, 2.75) is 46.1 Å². The van der Waals surface area contributed by atoms with Crippen LogP contribution in [0, 0.1) is 11.8 Å². The second kappa shape index (κ2) is 7.61. The van der Waals surface area contributed by atoms with Crippen LogP contribution in [0.3, 0.4) is 0 Å². The normalized spacial score (nSPS) is 33.9. The predicted octanol–water partition coefficient (Wildman–Crippen LogP) is 2.04. The minimum Gasteiger partial charge on any atom is -0.314 e. The number of piperidine rings is 1. The van der Waals surface area contributed by atoms with Crippen LogP contribution in [0.25, 0.3) is 0 Å². The summed E-state index contributed by atoms with van der Waals surface area (Å²) >= 11 is 0. The largest absolute Gasteiger partial charge is 0.314 e. The Balaban J connectivity index is 1.70. The Morgan fingerprint density at radius 1 is 1.05 bits per heavy atom. The number of hydrogen-bond acceptors (Lipinski definition) is 3. The van der Waals surface area contributed by atoms with Gasteiger partial charge >= 0.3 is 0 Å². The summed E-state index contributed by atoms with van der Waals surface area (Å²) in [6.07, 6.45) is 4.00. The lowest BCUT2D eigenvalue weighted by Gasteiger charge is -2.38. The van der Waals surface area contributed by atoms with E-state index in [9.17, 15) is 0 Å². The monoisotopic (exact) mass is 267 g/mol. The molecule has 0 aromatic rings. The molecule has 2 saturated heterocycles. The Bertz CT molecular complexity index is 256. The summed E-state index contributed by atoms with van der Waals surface area (Å²) < 4.78 is 0. The van der Waals surface area contributed by atoms with E-state index in [1.54, 1.807) is 0 Å². The maximum atomic E-state index is 3.72. The minimum atomic E-state index is 0.756. The molecule has 3 unspecified atom stereocenters. The maximum Gasteiger partial charge on any atom is 0.0117 e. The standard InChI is InChI=1S/C16H33N3/c1-4-8-17-16-7-10-19(11-14(16)3)13-15-6-9-18(5-2)12-15/h14-17H,4-13H2,1-3H3. The topological polar surface area (TPSA) is 18.5 Å². The van der Waals surface area contributed by atoms with Gasteiger partial charge in [-0.15, -0.1) is 0 Å². The first-order valence-corrected chi connectivity index (χ1v) is 8.41. The Hall–Kier alpha value is -0.120. The van der Waals surface area contributed by atoms with E-state index in [1.807, 2.05) is 0 Å². The van der Waals surface area contributed by atoms with E-state index in [0.29, 0.717) is 0 Å². The molecule has 2 rings (SSSR count). The van der Waals surface area contributed by atoms with Gasteiger partial charge in [0.15, 0.2) is 0 Å². The van der Waals surface area contributed by atoms with E-state index in [0.717, 1.165) is 17.9 Å². The van der Waals surface area contributed by atoms with E-state index in [2.05, 4.69) is 35.9 Å². The molecule has 0 aliphatic carbocycles. The first kappa shape index (κ1) is 15.3. The number of hydrogen-bond donors (Lipinski definition) is 1. The minimum absolute atomic E-state index is 0.756. The molecular weight excluding hydrogens is 234 g/mol. The van der Waals surface area contributed by atoms with Crippen LogP contribution in [0.4, 0.5) is 0 Å². The van der Waals surface area contributed by atoms with Gasteiger partial charge in [0, 0.05) is 25.7 Å². The smallest absolute Gasteiger partial charge is 0.0117 e.